The molecule has 0 amide bonds. The number of aliphatic hydroxyl groups is 2. The molecule has 0 aliphatic carbocycles. The van der Waals surface area contributed by atoms with Crippen LogP contribution in [-0.4, -0.2) is 49.9 Å². The van der Waals surface area contributed by atoms with Gasteiger partial charge in [0.1, 0.15) is 0 Å². The first-order valence-electron chi connectivity index (χ1n) is 3.64. The standard InChI is InChI=1S/C7H14O4.3H2O/c1-2-5(8)3-6(9)4-7(10)11;;;/h5-6,8-9H,2-4H2,1H3,(H,10,11);3*1H2. The molecular weight excluding hydrogens is 196 g/mol. The Kier molecular flexibility index (Phi) is 20.4. The van der Waals surface area contributed by atoms with E-state index in [0.717, 1.165) is 0 Å². The highest BCUT2D eigenvalue weighted by Crippen LogP contribution is 2.04. The smallest absolute Gasteiger partial charge is 0.305 e. The predicted molar refractivity (Wildman–Crippen MR) is 50.0 cm³/mol. The Labute approximate surface area is 81.9 Å². The topological polar surface area (TPSA) is 172 Å². The molecule has 0 rings (SSSR count). The van der Waals surface area contributed by atoms with E-state index >= 15 is 0 Å². The van der Waals surface area contributed by atoms with E-state index in [1.54, 1.807) is 6.92 Å². The number of hydrogen-bond acceptors (Lipinski definition) is 3. The summed E-state index contributed by atoms with van der Waals surface area (Å²) in [5, 5.41) is 26.2. The van der Waals surface area contributed by atoms with E-state index < -0.39 is 18.2 Å². The molecule has 0 radical (unpaired) electrons. The fourth-order valence-electron chi connectivity index (χ4n) is 0.766. The van der Waals surface area contributed by atoms with E-state index in [4.69, 9.17) is 15.3 Å². The van der Waals surface area contributed by atoms with Crippen LogP contribution in [0.1, 0.15) is 26.2 Å². The maximum atomic E-state index is 10.0. The van der Waals surface area contributed by atoms with E-state index in [1.165, 1.54) is 0 Å². The summed E-state index contributed by atoms with van der Waals surface area (Å²) < 4.78 is 0. The molecule has 0 fully saturated rings. The lowest BCUT2D eigenvalue weighted by Crippen LogP contribution is -2.19. The number of aliphatic hydroxyl groups excluding tert-OH is 2. The van der Waals surface area contributed by atoms with Crippen molar-refractivity contribution in [3.05, 3.63) is 0 Å². The number of rotatable bonds is 5. The first-order chi connectivity index (χ1) is 5.06. The Morgan fingerprint density at radius 1 is 1.14 bits per heavy atom. The minimum atomic E-state index is -1.04. The van der Waals surface area contributed by atoms with E-state index in [-0.39, 0.29) is 29.3 Å². The zero-order chi connectivity index (χ0) is 8.85. The molecular formula is C7H20O7. The second-order valence-corrected chi connectivity index (χ2v) is 2.55. The Balaban J connectivity index is -0.000000167. The minimum Gasteiger partial charge on any atom is -0.481 e. The number of carbonyl (C=O) groups is 1. The van der Waals surface area contributed by atoms with Gasteiger partial charge in [0.25, 0.3) is 0 Å². The second kappa shape index (κ2) is 12.3. The summed E-state index contributed by atoms with van der Waals surface area (Å²) in [5.74, 6) is -1.04. The number of hydrogen-bond donors (Lipinski definition) is 3. The van der Waals surface area contributed by atoms with Crippen LogP contribution in [0.3, 0.4) is 0 Å². The summed E-state index contributed by atoms with van der Waals surface area (Å²) in [4.78, 5) is 10.0. The molecule has 0 aromatic heterocycles. The van der Waals surface area contributed by atoms with Gasteiger partial charge in [0, 0.05) is 0 Å². The molecule has 7 nitrogen and oxygen atoms in total. The molecule has 2 atom stereocenters. The Morgan fingerprint density at radius 2 is 1.57 bits per heavy atom. The summed E-state index contributed by atoms with van der Waals surface area (Å²) in [6, 6.07) is 0. The van der Waals surface area contributed by atoms with Gasteiger partial charge in [-0.15, -0.1) is 0 Å². The van der Waals surface area contributed by atoms with Gasteiger partial charge in [-0.25, -0.2) is 0 Å². The molecule has 0 aromatic rings. The van der Waals surface area contributed by atoms with Crippen molar-refractivity contribution in [3.63, 3.8) is 0 Å². The summed E-state index contributed by atoms with van der Waals surface area (Å²) >= 11 is 0. The van der Waals surface area contributed by atoms with Crippen molar-refractivity contribution >= 4 is 5.97 Å². The largest absolute Gasteiger partial charge is 0.481 e. The lowest BCUT2D eigenvalue weighted by Gasteiger charge is -2.11. The molecule has 0 saturated heterocycles. The lowest BCUT2D eigenvalue weighted by molar-refractivity contribution is -0.139. The van der Waals surface area contributed by atoms with E-state index in [9.17, 15) is 4.79 Å². The van der Waals surface area contributed by atoms with Gasteiger partial charge in [-0.1, -0.05) is 6.92 Å². The quantitative estimate of drug-likeness (QED) is 0.461. The average Bonchev–Trinajstić information content (AvgIpc) is 1.85. The van der Waals surface area contributed by atoms with Crippen LogP contribution in [0, 0.1) is 0 Å². The molecule has 0 heterocycles. The van der Waals surface area contributed by atoms with Gasteiger partial charge >= 0.3 is 5.97 Å². The molecule has 0 saturated carbocycles. The van der Waals surface area contributed by atoms with Gasteiger partial charge in [-0.05, 0) is 12.8 Å². The van der Waals surface area contributed by atoms with Crippen molar-refractivity contribution in [2.24, 2.45) is 0 Å². The molecule has 0 bridgehead atoms. The second-order valence-electron chi connectivity index (χ2n) is 2.55. The van der Waals surface area contributed by atoms with E-state index in [2.05, 4.69) is 0 Å². The Hall–Kier alpha value is -0.730. The van der Waals surface area contributed by atoms with Crippen molar-refractivity contribution in [1.82, 2.24) is 0 Å². The normalized spacial score (nSPS) is 12.5. The van der Waals surface area contributed by atoms with Gasteiger partial charge in [0.15, 0.2) is 0 Å². The highest BCUT2D eigenvalue weighted by molar-refractivity contribution is 5.67. The first kappa shape index (κ1) is 23.2. The van der Waals surface area contributed by atoms with Gasteiger partial charge < -0.3 is 31.7 Å². The highest BCUT2D eigenvalue weighted by Gasteiger charge is 2.13. The monoisotopic (exact) mass is 216 g/mol. The van der Waals surface area contributed by atoms with Crippen LogP contribution < -0.4 is 0 Å². The minimum absolute atomic E-state index is 0. The van der Waals surface area contributed by atoms with Gasteiger partial charge in [-0.3, -0.25) is 4.79 Å². The summed E-state index contributed by atoms with van der Waals surface area (Å²) in [5.41, 5.74) is 0. The molecule has 9 N–H and O–H groups in total. The predicted octanol–water partition coefficient (Wildman–Crippen LogP) is -2.49. The lowest BCUT2D eigenvalue weighted by atomic mass is 10.1. The molecule has 90 valence electrons. The van der Waals surface area contributed by atoms with Crippen LogP contribution in [0.5, 0.6) is 0 Å². The average molecular weight is 216 g/mol. The summed E-state index contributed by atoms with van der Waals surface area (Å²) in [7, 11) is 0. The molecule has 7 heteroatoms. The third-order valence-corrected chi connectivity index (χ3v) is 1.43. The number of carboxylic acid groups (broad SMARTS) is 1. The van der Waals surface area contributed by atoms with E-state index in [0.29, 0.717) is 6.42 Å². The zero-order valence-electron chi connectivity index (χ0n) is 8.03. The third-order valence-electron chi connectivity index (χ3n) is 1.43. The fraction of sp³-hybridized carbons (Fsp3) is 0.857. The summed E-state index contributed by atoms with van der Waals surface area (Å²) in [6.45, 7) is 1.78. The van der Waals surface area contributed by atoms with E-state index in [1.807, 2.05) is 0 Å². The zero-order valence-corrected chi connectivity index (χ0v) is 8.03. The number of aliphatic carboxylic acids is 1. The van der Waals surface area contributed by atoms with Crippen molar-refractivity contribution in [2.75, 3.05) is 0 Å². The van der Waals surface area contributed by atoms with Crippen molar-refractivity contribution in [3.8, 4) is 0 Å². The molecule has 2 unspecified atom stereocenters. The molecule has 0 aromatic carbocycles. The molecule has 0 aliphatic rings. The Bertz CT molecular complexity index is 127. The fourth-order valence-corrected chi connectivity index (χ4v) is 0.766. The van der Waals surface area contributed by atoms with Gasteiger partial charge in [-0.2, -0.15) is 0 Å². The molecule has 14 heavy (non-hydrogen) atoms. The van der Waals surface area contributed by atoms with Crippen LogP contribution in [0.2, 0.25) is 0 Å². The first-order valence-corrected chi connectivity index (χ1v) is 3.64. The van der Waals surface area contributed by atoms with Crippen molar-refractivity contribution in [2.45, 2.75) is 38.4 Å². The van der Waals surface area contributed by atoms with Crippen molar-refractivity contribution < 1.29 is 36.5 Å². The van der Waals surface area contributed by atoms with Crippen LogP contribution >= 0.6 is 0 Å². The van der Waals surface area contributed by atoms with Crippen molar-refractivity contribution in [1.29, 1.82) is 0 Å². The maximum absolute atomic E-state index is 10.0. The summed E-state index contributed by atoms with van der Waals surface area (Å²) in [6.07, 6.45) is -1.14. The maximum Gasteiger partial charge on any atom is 0.305 e. The number of carboxylic acids is 1. The highest BCUT2D eigenvalue weighted by atomic mass is 16.4. The van der Waals surface area contributed by atoms with Crippen LogP contribution in [-0.2, 0) is 4.79 Å². The van der Waals surface area contributed by atoms with Crippen LogP contribution in [0.4, 0.5) is 0 Å². The Morgan fingerprint density at radius 3 is 1.86 bits per heavy atom. The van der Waals surface area contributed by atoms with Gasteiger partial charge in [0.2, 0.25) is 0 Å². The molecule has 0 aliphatic heterocycles. The van der Waals surface area contributed by atoms with Crippen LogP contribution in [0.25, 0.3) is 0 Å². The SMILES string of the molecule is CCC(O)CC(O)CC(=O)O.O.O.O. The van der Waals surface area contributed by atoms with Gasteiger partial charge in [0.05, 0.1) is 18.6 Å². The third kappa shape index (κ3) is 13.8. The van der Waals surface area contributed by atoms with Crippen LogP contribution in [0.15, 0.2) is 0 Å². The molecule has 0 spiro atoms.